The maximum absolute atomic E-state index is 13.4. The summed E-state index contributed by atoms with van der Waals surface area (Å²) in [5, 5.41) is 5.56. The molecule has 0 bridgehead atoms. The van der Waals surface area contributed by atoms with Crippen LogP contribution >= 0.6 is 11.3 Å². The second-order valence-electron chi connectivity index (χ2n) is 9.02. The van der Waals surface area contributed by atoms with Crippen molar-refractivity contribution in [3.05, 3.63) is 101 Å². The van der Waals surface area contributed by atoms with E-state index in [1.54, 1.807) is 0 Å². The average molecular weight is 482 g/mol. The number of nitrogens with zero attached hydrogens (tertiary/aromatic N) is 2. The summed E-state index contributed by atoms with van der Waals surface area (Å²) in [4.78, 5) is 32.5. The normalized spacial score (nSPS) is 12.7. The molecule has 5 nitrogen and oxygen atoms in total. The van der Waals surface area contributed by atoms with Gasteiger partial charge in [0, 0.05) is 29.1 Å². The number of hydrogen-bond donors (Lipinski definition) is 1. The third-order valence-electron chi connectivity index (χ3n) is 6.29. The van der Waals surface area contributed by atoms with Gasteiger partial charge in [0.05, 0.1) is 11.6 Å². The summed E-state index contributed by atoms with van der Waals surface area (Å²) in [6.07, 6.45) is 0.838. The number of fused-ring (bicyclic) bond motifs is 1. The SMILES string of the molecule is CC(C)C(=O)N1CCc2cc(-c3csc(NC(=O)C(c4ccccc4)c4ccccc4)n3)ccc21. The number of anilines is 2. The Morgan fingerprint density at radius 2 is 1.60 bits per heavy atom. The maximum atomic E-state index is 13.4. The lowest BCUT2D eigenvalue weighted by Gasteiger charge is -2.19. The van der Waals surface area contributed by atoms with Crippen molar-refractivity contribution in [3.63, 3.8) is 0 Å². The Bertz CT molecular complexity index is 1310. The van der Waals surface area contributed by atoms with E-state index >= 15 is 0 Å². The van der Waals surface area contributed by atoms with Crippen LogP contribution < -0.4 is 10.2 Å². The zero-order chi connectivity index (χ0) is 24.4. The summed E-state index contributed by atoms with van der Waals surface area (Å²) in [5.41, 5.74) is 5.83. The topological polar surface area (TPSA) is 62.3 Å². The molecule has 176 valence electrons. The van der Waals surface area contributed by atoms with Gasteiger partial charge in [0.25, 0.3) is 0 Å². The van der Waals surface area contributed by atoms with Gasteiger partial charge < -0.3 is 10.2 Å². The van der Waals surface area contributed by atoms with Crippen LogP contribution in [0.2, 0.25) is 0 Å². The van der Waals surface area contributed by atoms with Crippen molar-refractivity contribution in [2.75, 3.05) is 16.8 Å². The number of carbonyl (C=O) groups excluding carboxylic acids is 2. The molecule has 1 aromatic heterocycles. The summed E-state index contributed by atoms with van der Waals surface area (Å²) >= 11 is 1.42. The largest absolute Gasteiger partial charge is 0.312 e. The lowest BCUT2D eigenvalue weighted by molar-refractivity contribution is -0.121. The molecule has 0 unspecified atom stereocenters. The first kappa shape index (κ1) is 23.0. The van der Waals surface area contributed by atoms with Crippen LogP contribution in [0.25, 0.3) is 11.3 Å². The Labute approximate surface area is 209 Å². The average Bonchev–Trinajstić information content (AvgIpc) is 3.51. The molecule has 1 N–H and O–H groups in total. The Morgan fingerprint density at radius 1 is 0.943 bits per heavy atom. The molecular formula is C29H27N3O2S. The van der Waals surface area contributed by atoms with Crippen molar-refractivity contribution < 1.29 is 9.59 Å². The van der Waals surface area contributed by atoms with Crippen molar-refractivity contribution in [2.24, 2.45) is 5.92 Å². The third-order valence-corrected chi connectivity index (χ3v) is 7.05. The number of thiazole rings is 1. The van der Waals surface area contributed by atoms with Crippen LogP contribution in [0.4, 0.5) is 10.8 Å². The molecule has 0 aliphatic carbocycles. The lowest BCUT2D eigenvalue weighted by Crippen LogP contribution is -2.32. The van der Waals surface area contributed by atoms with Crippen molar-refractivity contribution >= 4 is 34.0 Å². The molecule has 35 heavy (non-hydrogen) atoms. The third kappa shape index (κ3) is 4.75. The Morgan fingerprint density at radius 3 is 2.23 bits per heavy atom. The first-order valence-corrected chi connectivity index (χ1v) is 12.7. The predicted octanol–water partition coefficient (Wildman–Crippen LogP) is 6.13. The molecule has 5 rings (SSSR count). The van der Waals surface area contributed by atoms with Crippen molar-refractivity contribution in [1.82, 2.24) is 4.98 Å². The van der Waals surface area contributed by atoms with E-state index in [1.165, 1.54) is 11.3 Å². The van der Waals surface area contributed by atoms with Crippen LogP contribution in [0.1, 0.15) is 36.5 Å². The van der Waals surface area contributed by atoms with E-state index in [1.807, 2.05) is 96.9 Å². The quantitative estimate of drug-likeness (QED) is 0.361. The highest BCUT2D eigenvalue weighted by molar-refractivity contribution is 7.14. The summed E-state index contributed by atoms with van der Waals surface area (Å²) in [6.45, 7) is 4.58. The minimum Gasteiger partial charge on any atom is -0.312 e. The van der Waals surface area contributed by atoms with E-state index in [9.17, 15) is 9.59 Å². The highest BCUT2D eigenvalue weighted by Crippen LogP contribution is 2.34. The minimum absolute atomic E-state index is 0.0269. The summed E-state index contributed by atoms with van der Waals surface area (Å²) in [5.74, 6) is -0.406. The summed E-state index contributed by atoms with van der Waals surface area (Å²) in [7, 11) is 0. The van der Waals surface area contributed by atoms with E-state index in [0.29, 0.717) is 11.7 Å². The van der Waals surface area contributed by atoms with E-state index < -0.39 is 5.92 Å². The standard InChI is InChI=1S/C29H27N3O2S/c1-19(2)28(34)32-16-15-23-17-22(13-14-25(23)32)24-18-35-29(30-24)31-27(33)26(20-9-5-3-6-10-20)21-11-7-4-8-12-21/h3-14,17-19,26H,15-16H2,1-2H3,(H,30,31,33). The monoisotopic (exact) mass is 481 g/mol. The molecule has 0 fully saturated rings. The molecule has 1 aliphatic rings. The van der Waals surface area contributed by atoms with Crippen LogP contribution in [-0.2, 0) is 16.0 Å². The summed E-state index contributed by atoms with van der Waals surface area (Å²) in [6, 6.07) is 25.7. The number of rotatable bonds is 6. The number of amides is 2. The van der Waals surface area contributed by atoms with Crippen LogP contribution in [-0.4, -0.2) is 23.3 Å². The molecule has 4 aromatic rings. The molecular weight excluding hydrogens is 454 g/mol. The lowest BCUT2D eigenvalue weighted by atomic mass is 9.90. The Balaban J connectivity index is 1.36. The summed E-state index contributed by atoms with van der Waals surface area (Å²) < 4.78 is 0. The van der Waals surface area contributed by atoms with Gasteiger partial charge in [-0.1, -0.05) is 80.6 Å². The highest BCUT2D eigenvalue weighted by Gasteiger charge is 2.27. The van der Waals surface area contributed by atoms with Crippen LogP contribution in [0.15, 0.2) is 84.2 Å². The number of aromatic nitrogens is 1. The molecule has 3 aromatic carbocycles. The van der Waals surface area contributed by atoms with Gasteiger partial charge >= 0.3 is 0 Å². The number of carbonyl (C=O) groups is 2. The molecule has 2 heterocycles. The van der Waals surface area contributed by atoms with Gasteiger partial charge in [0.15, 0.2) is 5.13 Å². The molecule has 1 aliphatic heterocycles. The van der Waals surface area contributed by atoms with E-state index in [2.05, 4.69) is 11.4 Å². The number of nitrogens with one attached hydrogen (secondary N) is 1. The molecule has 0 atom stereocenters. The van der Waals surface area contributed by atoms with Crippen molar-refractivity contribution in [3.8, 4) is 11.3 Å². The minimum atomic E-state index is -0.422. The fraction of sp³-hybridized carbons (Fsp3) is 0.207. The van der Waals surface area contributed by atoms with Crippen LogP contribution in [0.5, 0.6) is 0 Å². The zero-order valence-corrected chi connectivity index (χ0v) is 20.6. The van der Waals surface area contributed by atoms with Crippen LogP contribution in [0.3, 0.4) is 0 Å². The number of hydrogen-bond acceptors (Lipinski definition) is 4. The molecule has 2 amide bonds. The van der Waals surface area contributed by atoms with Gasteiger partial charge in [-0.2, -0.15) is 0 Å². The Hall–Kier alpha value is -3.77. The van der Waals surface area contributed by atoms with Gasteiger partial charge in [0.2, 0.25) is 11.8 Å². The molecule has 0 saturated heterocycles. The smallest absolute Gasteiger partial charge is 0.238 e. The van der Waals surface area contributed by atoms with Crippen molar-refractivity contribution in [1.29, 1.82) is 0 Å². The Kier molecular flexibility index (Phi) is 6.47. The molecule has 6 heteroatoms. The van der Waals surface area contributed by atoms with E-state index in [4.69, 9.17) is 4.98 Å². The van der Waals surface area contributed by atoms with E-state index in [0.717, 1.165) is 40.1 Å². The van der Waals surface area contributed by atoms with Crippen LogP contribution in [0, 0.1) is 5.92 Å². The number of benzene rings is 3. The maximum Gasteiger partial charge on any atom is 0.238 e. The highest BCUT2D eigenvalue weighted by atomic mass is 32.1. The fourth-order valence-electron chi connectivity index (χ4n) is 4.53. The fourth-order valence-corrected chi connectivity index (χ4v) is 5.25. The van der Waals surface area contributed by atoms with Gasteiger partial charge in [-0.25, -0.2) is 4.98 Å². The predicted molar refractivity (Wildman–Crippen MR) is 142 cm³/mol. The molecule has 0 spiro atoms. The van der Waals surface area contributed by atoms with Gasteiger partial charge in [0.1, 0.15) is 0 Å². The zero-order valence-electron chi connectivity index (χ0n) is 19.8. The second kappa shape index (κ2) is 9.84. The van der Waals surface area contributed by atoms with Gasteiger partial charge in [-0.05, 0) is 35.2 Å². The molecule has 0 radical (unpaired) electrons. The van der Waals surface area contributed by atoms with Gasteiger partial charge in [-0.15, -0.1) is 11.3 Å². The first-order valence-electron chi connectivity index (χ1n) is 11.8. The van der Waals surface area contributed by atoms with Crippen molar-refractivity contribution in [2.45, 2.75) is 26.2 Å². The van der Waals surface area contributed by atoms with Gasteiger partial charge in [-0.3, -0.25) is 9.59 Å². The second-order valence-corrected chi connectivity index (χ2v) is 9.88. The first-order chi connectivity index (χ1) is 17.0. The van der Waals surface area contributed by atoms with E-state index in [-0.39, 0.29) is 17.7 Å². The molecule has 0 saturated carbocycles.